The highest BCUT2D eigenvalue weighted by Gasteiger charge is 2.17. The van der Waals surface area contributed by atoms with E-state index >= 15 is 0 Å². The minimum atomic E-state index is -0.778. The van der Waals surface area contributed by atoms with E-state index in [0.29, 0.717) is 28.5 Å². The Hall–Kier alpha value is -3.81. The van der Waals surface area contributed by atoms with Crippen molar-refractivity contribution in [3.63, 3.8) is 0 Å². The number of nitrogens with one attached hydrogen (secondary N) is 1. The molecule has 140 valence electrons. The van der Waals surface area contributed by atoms with Crippen molar-refractivity contribution in [3.8, 4) is 5.88 Å². The summed E-state index contributed by atoms with van der Waals surface area (Å²) in [6, 6.07) is 10.5. The average molecular weight is 375 g/mol. The van der Waals surface area contributed by atoms with Crippen LogP contribution in [-0.4, -0.2) is 25.5 Å². The Morgan fingerprint density at radius 1 is 1.21 bits per heavy atom. The molecule has 0 aliphatic carbocycles. The molecule has 1 amide bonds. The number of aromatic hydroxyl groups is 1. The quantitative estimate of drug-likeness (QED) is 0.530. The third kappa shape index (κ3) is 2.84. The van der Waals surface area contributed by atoms with Crippen molar-refractivity contribution in [2.24, 2.45) is 10.2 Å². The van der Waals surface area contributed by atoms with E-state index in [9.17, 15) is 14.7 Å². The van der Waals surface area contributed by atoms with Gasteiger partial charge in [-0.25, -0.2) is 4.98 Å². The maximum Gasteiger partial charge on any atom is 0.300 e. The van der Waals surface area contributed by atoms with Crippen molar-refractivity contribution in [2.75, 3.05) is 0 Å². The molecule has 3 heterocycles. The number of aromatic nitrogens is 3. The molecule has 0 spiro atoms. The smallest absolute Gasteiger partial charge is 0.300 e. The second-order valence-electron chi connectivity index (χ2n) is 6.35. The number of rotatable bonds is 3. The van der Waals surface area contributed by atoms with Crippen LogP contribution >= 0.6 is 0 Å². The van der Waals surface area contributed by atoms with Gasteiger partial charge in [0.2, 0.25) is 11.3 Å². The summed E-state index contributed by atoms with van der Waals surface area (Å²) >= 11 is 0. The van der Waals surface area contributed by atoms with Crippen molar-refractivity contribution < 1.29 is 9.90 Å². The van der Waals surface area contributed by atoms with Crippen LogP contribution in [0.15, 0.2) is 57.6 Å². The largest absolute Gasteiger partial charge is 0.493 e. The molecule has 0 bridgehead atoms. The minimum Gasteiger partial charge on any atom is -0.493 e. The van der Waals surface area contributed by atoms with Crippen LogP contribution in [0.25, 0.3) is 21.9 Å². The summed E-state index contributed by atoms with van der Waals surface area (Å²) in [4.78, 5) is 32.5. The predicted octanol–water partition coefficient (Wildman–Crippen LogP) is 3.84. The van der Waals surface area contributed by atoms with Gasteiger partial charge in [-0.05, 0) is 32.0 Å². The highest BCUT2D eigenvalue weighted by atomic mass is 16.3. The first-order valence-electron chi connectivity index (χ1n) is 8.76. The highest BCUT2D eigenvalue weighted by molar-refractivity contribution is 5.98. The van der Waals surface area contributed by atoms with Crippen LogP contribution < -0.4 is 5.43 Å². The number of hydrogen-bond donors (Lipinski definition) is 2. The number of benzene rings is 1. The number of aromatic amines is 1. The van der Waals surface area contributed by atoms with E-state index in [1.165, 1.54) is 6.20 Å². The molecule has 0 unspecified atom stereocenters. The normalized spacial score (nSPS) is 11.6. The Morgan fingerprint density at radius 2 is 2.00 bits per heavy atom. The lowest BCUT2D eigenvalue weighted by Gasteiger charge is -2.09. The average Bonchev–Trinajstić information content (AvgIpc) is 3.01. The molecule has 8 nitrogen and oxygen atoms in total. The molecule has 4 aromatic rings. The van der Waals surface area contributed by atoms with Crippen molar-refractivity contribution in [1.82, 2.24) is 14.5 Å². The fourth-order valence-corrected chi connectivity index (χ4v) is 3.12. The maximum atomic E-state index is 12.8. The van der Waals surface area contributed by atoms with Crippen molar-refractivity contribution >= 4 is 33.5 Å². The van der Waals surface area contributed by atoms with Crippen LogP contribution in [0.5, 0.6) is 5.88 Å². The molecular weight excluding hydrogens is 358 g/mol. The first-order valence-corrected chi connectivity index (χ1v) is 8.76. The number of amides is 1. The summed E-state index contributed by atoms with van der Waals surface area (Å²) in [6.45, 7) is 4.27. The fourth-order valence-electron chi connectivity index (χ4n) is 3.12. The molecule has 0 aliphatic rings. The molecular formula is C20H17N5O3. The Balaban J connectivity index is 1.80. The molecule has 0 saturated carbocycles. The van der Waals surface area contributed by atoms with E-state index < -0.39 is 11.3 Å². The van der Waals surface area contributed by atoms with Gasteiger partial charge < -0.3 is 14.7 Å². The number of carbonyl (C=O) groups is 1. The van der Waals surface area contributed by atoms with Crippen LogP contribution in [0.4, 0.5) is 5.69 Å². The molecule has 0 aliphatic heterocycles. The summed E-state index contributed by atoms with van der Waals surface area (Å²) in [5, 5.41) is 18.6. The summed E-state index contributed by atoms with van der Waals surface area (Å²) in [5.74, 6) is -0.971. The number of H-pyrrole nitrogens is 1. The number of carbonyl (C=O) groups excluding carboxylic acids is 1. The number of nitrogens with zero attached hydrogens (tertiary/aromatic N) is 4. The zero-order chi connectivity index (χ0) is 19.8. The van der Waals surface area contributed by atoms with Gasteiger partial charge in [-0.2, -0.15) is 0 Å². The van der Waals surface area contributed by atoms with Gasteiger partial charge in [-0.1, -0.05) is 18.2 Å². The number of pyridine rings is 2. The highest BCUT2D eigenvalue weighted by Crippen LogP contribution is 2.35. The van der Waals surface area contributed by atoms with Gasteiger partial charge >= 0.3 is 5.91 Å². The second kappa shape index (κ2) is 6.73. The van der Waals surface area contributed by atoms with Crippen LogP contribution in [-0.2, 0) is 6.54 Å². The van der Waals surface area contributed by atoms with Crippen LogP contribution in [0.1, 0.15) is 23.0 Å². The molecule has 1 aromatic carbocycles. The zero-order valence-electron chi connectivity index (χ0n) is 15.3. The number of para-hydroxylation sites is 1. The van der Waals surface area contributed by atoms with E-state index in [-0.39, 0.29) is 17.1 Å². The fraction of sp³-hybridized carbons (Fsp3) is 0.150. The number of hydrogen-bond acceptors (Lipinski definition) is 5. The van der Waals surface area contributed by atoms with Gasteiger partial charge in [0.05, 0.1) is 10.9 Å². The Labute approximate surface area is 159 Å². The van der Waals surface area contributed by atoms with Crippen molar-refractivity contribution in [1.29, 1.82) is 0 Å². The number of aryl methyl sites for hydroxylation is 2. The third-order valence-electron chi connectivity index (χ3n) is 4.53. The van der Waals surface area contributed by atoms with E-state index in [0.717, 1.165) is 5.69 Å². The molecule has 8 heteroatoms. The number of fused-ring (bicyclic) bond motifs is 2. The Morgan fingerprint density at radius 3 is 2.79 bits per heavy atom. The van der Waals surface area contributed by atoms with Gasteiger partial charge in [0.1, 0.15) is 11.2 Å². The second-order valence-corrected chi connectivity index (χ2v) is 6.35. The molecule has 28 heavy (non-hydrogen) atoms. The van der Waals surface area contributed by atoms with E-state index in [4.69, 9.17) is 0 Å². The number of azo groups is 1. The summed E-state index contributed by atoms with van der Waals surface area (Å²) < 4.78 is 1.73. The van der Waals surface area contributed by atoms with E-state index in [1.807, 2.05) is 19.9 Å². The summed E-state index contributed by atoms with van der Waals surface area (Å²) in [5.41, 5.74) is 1.58. The molecule has 0 atom stereocenters. The molecule has 0 saturated heterocycles. The lowest BCUT2D eigenvalue weighted by molar-refractivity contribution is 0.0993. The predicted molar refractivity (Wildman–Crippen MR) is 105 cm³/mol. The summed E-state index contributed by atoms with van der Waals surface area (Å²) in [7, 11) is 0. The van der Waals surface area contributed by atoms with Gasteiger partial charge in [0.25, 0.3) is 0 Å². The molecule has 0 fully saturated rings. The van der Waals surface area contributed by atoms with Gasteiger partial charge in [0.15, 0.2) is 5.69 Å². The maximum absolute atomic E-state index is 12.8. The van der Waals surface area contributed by atoms with Crippen LogP contribution in [0, 0.1) is 6.92 Å². The van der Waals surface area contributed by atoms with Crippen LogP contribution in [0.3, 0.4) is 0 Å². The molecule has 4 rings (SSSR count). The van der Waals surface area contributed by atoms with Gasteiger partial charge in [-0.15, -0.1) is 10.2 Å². The monoisotopic (exact) mass is 375 g/mol. The van der Waals surface area contributed by atoms with Crippen LogP contribution in [0.2, 0.25) is 0 Å². The van der Waals surface area contributed by atoms with E-state index in [1.54, 1.807) is 34.9 Å². The lowest BCUT2D eigenvalue weighted by atomic mass is 10.1. The molecule has 0 radical (unpaired) electrons. The zero-order valence-corrected chi connectivity index (χ0v) is 15.3. The SMILES string of the molecule is CCn1cc(C(=O)N=Nc2c(O)[nH]c3ccccc23)c(=O)c2ccc(C)nc21. The minimum absolute atomic E-state index is 0.0944. The molecule has 3 aromatic heterocycles. The first-order chi connectivity index (χ1) is 13.5. The van der Waals surface area contributed by atoms with Crippen molar-refractivity contribution in [3.05, 3.63) is 64.1 Å². The van der Waals surface area contributed by atoms with Gasteiger partial charge in [0, 0.05) is 23.8 Å². The third-order valence-corrected chi connectivity index (χ3v) is 4.53. The van der Waals surface area contributed by atoms with Gasteiger partial charge in [-0.3, -0.25) is 9.59 Å². The topological polar surface area (TPSA) is 113 Å². The standard InChI is InChI=1S/C20H17N5O3/c1-3-25-10-14(17(26)13-9-8-11(2)21-18(13)25)19(27)24-23-16-12-6-4-5-7-15(12)22-20(16)28/h4-10,22,28H,3H2,1-2H3. The molecule has 2 N–H and O–H groups in total. The Bertz CT molecular complexity index is 1320. The Kier molecular flexibility index (Phi) is 4.23. The van der Waals surface area contributed by atoms with Crippen molar-refractivity contribution in [2.45, 2.75) is 20.4 Å². The van der Waals surface area contributed by atoms with E-state index in [2.05, 4.69) is 20.2 Å². The lowest BCUT2D eigenvalue weighted by Crippen LogP contribution is -2.18. The summed E-state index contributed by atoms with van der Waals surface area (Å²) in [6.07, 6.45) is 1.45. The first kappa shape index (κ1) is 17.6.